The van der Waals surface area contributed by atoms with E-state index in [-0.39, 0.29) is 29.1 Å². The summed E-state index contributed by atoms with van der Waals surface area (Å²) in [7, 11) is -0.855. The lowest BCUT2D eigenvalue weighted by molar-refractivity contribution is 0.00761. The Kier molecular flexibility index (Phi) is 9.58. The van der Waals surface area contributed by atoms with Crippen LogP contribution in [0, 0.1) is 5.82 Å². The van der Waals surface area contributed by atoms with E-state index in [1.807, 2.05) is 36.4 Å². The van der Waals surface area contributed by atoms with Crippen molar-refractivity contribution in [1.29, 1.82) is 0 Å². The zero-order chi connectivity index (χ0) is 28.0. The summed E-state index contributed by atoms with van der Waals surface area (Å²) in [6.45, 7) is 2.37. The second-order valence-electron chi connectivity index (χ2n) is 9.05. The van der Waals surface area contributed by atoms with Crippen LogP contribution in [0.15, 0.2) is 71.6 Å². The van der Waals surface area contributed by atoms with Gasteiger partial charge < -0.3 is 14.2 Å². The van der Waals surface area contributed by atoms with Gasteiger partial charge in [0.25, 0.3) is 0 Å². The Morgan fingerprint density at radius 1 is 1.00 bits per heavy atom. The van der Waals surface area contributed by atoms with E-state index in [0.29, 0.717) is 37.6 Å². The SMILES string of the molecule is COC(=O)c1ccc(CO[C@@H](CN2CCN(S(=O)(=O)c3ccc(F)c(Cl)c3)CC2)c2cccc(OC)c2)cc1. The molecule has 1 aliphatic heterocycles. The topological polar surface area (TPSA) is 85.4 Å². The highest BCUT2D eigenvalue weighted by Gasteiger charge is 2.30. The molecule has 3 aromatic carbocycles. The van der Waals surface area contributed by atoms with Crippen LogP contribution in [0.1, 0.15) is 27.6 Å². The molecule has 0 saturated carbocycles. The summed E-state index contributed by atoms with van der Waals surface area (Å²) in [6.07, 6.45) is -0.320. The fourth-order valence-electron chi connectivity index (χ4n) is 4.32. The lowest BCUT2D eigenvalue weighted by atomic mass is 10.1. The van der Waals surface area contributed by atoms with Crippen LogP contribution in [-0.4, -0.2) is 70.5 Å². The Hall–Kier alpha value is -3.02. The number of halogens is 2. The van der Waals surface area contributed by atoms with Crippen molar-refractivity contribution < 1.29 is 31.8 Å². The number of rotatable bonds is 10. The Morgan fingerprint density at radius 3 is 2.36 bits per heavy atom. The molecule has 0 aromatic heterocycles. The summed E-state index contributed by atoms with van der Waals surface area (Å²) in [6, 6.07) is 18.1. The van der Waals surface area contributed by atoms with E-state index in [4.69, 9.17) is 25.8 Å². The summed E-state index contributed by atoms with van der Waals surface area (Å²) in [4.78, 5) is 13.8. The number of hydrogen-bond acceptors (Lipinski definition) is 7. The van der Waals surface area contributed by atoms with Crippen LogP contribution in [0.4, 0.5) is 4.39 Å². The summed E-state index contributed by atoms with van der Waals surface area (Å²) < 4.78 is 57.6. The Bertz CT molecular complexity index is 1400. The maximum Gasteiger partial charge on any atom is 0.337 e. The first-order valence-corrected chi connectivity index (χ1v) is 14.1. The van der Waals surface area contributed by atoms with E-state index in [1.54, 1.807) is 19.2 Å². The summed E-state index contributed by atoms with van der Waals surface area (Å²) >= 11 is 5.81. The normalized spacial score (nSPS) is 15.6. The average molecular weight is 577 g/mol. The van der Waals surface area contributed by atoms with Gasteiger partial charge in [0.2, 0.25) is 10.0 Å². The molecule has 1 atom stereocenters. The number of hydrogen-bond donors (Lipinski definition) is 0. The van der Waals surface area contributed by atoms with Crippen molar-refractivity contribution in [3.05, 3.63) is 94.3 Å². The zero-order valence-electron chi connectivity index (χ0n) is 21.7. The largest absolute Gasteiger partial charge is 0.497 e. The number of ether oxygens (including phenoxy) is 3. The van der Waals surface area contributed by atoms with Crippen LogP contribution in [0.3, 0.4) is 0 Å². The van der Waals surface area contributed by atoms with Crippen LogP contribution in [0.2, 0.25) is 5.02 Å². The Labute approximate surface area is 232 Å². The minimum atomic E-state index is -3.80. The minimum Gasteiger partial charge on any atom is -0.497 e. The van der Waals surface area contributed by atoms with Gasteiger partial charge in [0, 0.05) is 32.7 Å². The number of piperazine rings is 1. The predicted molar refractivity (Wildman–Crippen MR) is 145 cm³/mol. The predicted octanol–water partition coefficient (Wildman–Crippen LogP) is 4.54. The fourth-order valence-corrected chi connectivity index (χ4v) is 6.02. The van der Waals surface area contributed by atoms with E-state index >= 15 is 0 Å². The molecule has 11 heteroatoms. The highest BCUT2D eigenvalue weighted by molar-refractivity contribution is 7.89. The molecule has 0 bridgehead atoms. The molecule has 4 rings (SSSR count). The number of benzene rings is 3. The second kappa shape index (κ2) is 12.9. The molecule has 0 amide bonds. The van der Waals surface area contributed by atoms with E-state index in [9.17, 15) is 17.6 Å². The lowest BCUT2D eigenvalue weighted by Gasteiger charge is -2.36. The van der Waals surface area contributed by atoms with Gasteiger partial charge in [0.1, 0.15) is 11.6 Å². The third-order valence-corrected chi connectivity index (χ3v) is 8.76. The maximum absolute atomic E-state index is 13.5. The smallest absolute Gasteiger partial charge is 0.337 e. The molecular formula is C28H30ClFN2O6S. The highest BCUT2D eigenvalue weighted by atomic mass is 35.5. The van der Waals surface area contributed by atoms with Crippen molar-refractivity contribution in [1.82, 2.24) is 9.21 Å². The first-order chi connectivity index (χ1) is 18.7. The summed E-state index contributed by atoms with van der Waals surface area (Å²) in [5.74, 6) is -0.360. The molecule has 1 heterocycles. The number of nitrogens with zero attached hydrogens (tertiary/aromatic N) is 2. The first kappa shape index (κ1) is 29.0. The maximum atomic E-state index is 13.5. The fraction of sp³-hybridized carbons (Fsp3) is 0.321. The van der Waals surface area contributed by atoms with Gasteiger partial charge in [0.05, 0.1) is 42.4 Å². The monoisotopic (exact) mass is 576 g/mol. The van der Waals surface area contributed by atoms with Gasteiger partial charge in [-0.2, -0.15) is 4.31 Å². The van der Waals surface area contributed by atoms with Crippen LogP contribution in [0.25, 0.3) is 0 Å². The van der Waals surface area contributed by atoms with Gasteiger partial charge in [-0.3, -0.25) is 4.90 Å². The minimum absolute atomic E-state index is 0.0295. The third-order valence-electron chi connectivity index (χ3n) is 6.58. The molecule has 1 saturated heterocycles. The van der Waals surface area contributed by atoms with Gasteiger partial charge in [-0.25, -0.2) is 17.6 Å². The summed E-state index contributed by atoms with van der Waals surface area (Å²) in [5.41, 5.74) is 2.28. The van der Waals surface area contributed by atoms with Crippen molar-refractivity contribution in [2.24, 2.45) is 0 Å². The Morgan fingerprint density at radius 2 is 1.72 bits per heavy atom. The quantitative estimate of drug-likeness (QED) is 0.328. The molecule has 8 nitrogen and oxygen atoms in total. The van der Waals surface area contributed by atoms with Crippen molar-refractivity contribution >= 4 is 27.6 Å². The van der Waals surface area contributed by atoms with Crippen molar-refractivity contribution in [2.45, 2.75) is 17.6 Å². The molecule has 1 aliphatic rings. The second-order valence-corrected chi connectivity index (χ2v) is 11.4. The molecule has 0 aliphatic carbocycles. The molecule has 0 unspecified atom stereocenters. The van der Waals surface area contributed by atoms with Crippen molar-refractivity contribution in [2.75, 3.05) is 46.9 Å². The van der Waals surface area contributed by atoms with Gasteiger partial charge in [-0.1, -0.05) is 35.9 Å². The van der Waals surface area contributed by atoms with Gasteiger partial charge >= 0.3 is 5.97 Å². The highest BCUT2D eigenvalue weighted by Crippen LogP contribution is 2.27. The molecule has 1 fully saturated rings. The molecule has 39 heavy (non-hydrogen) atoms. The molecule has 3 aromatic rings. The molecular weight excluding hydrogens is 547 g/mol. The van der Waals surface area contributed by atoms with E-state index in [1.165, 1.54) is 17.5 Å². The van der Waals surface area contributed by atoms with Gasteiger partial charge in [0.15, 0.2) is 0 Å². The van der Waals surface area contributed by atoms with E-state index < -0.39 is 21.8 Å². The molecule has 0 radical (unpaired) electrons. The number of carbonyl (C=O) groups excluding carboxylic acids is 1. The first-order valence-electron chi connectivity index (χ1n) is 12.3. The number of esters is 1. The zero-order valence-corrected chi connectivity index (χ0v) is 23.3. The Balaban J connectivity index is 1.43. The van der Waals surface area contributed by atoms with E-state index in [0.717, 1.165) is 23.3 Å². The van der Waals surface area contributed by atoms with E-state index in [2.05, 4.69) is 4.90 Å². The molecule has 208 valence electrons. The molecule has 0 N–H and O–H groups in total. The number of carbonyl (C=O) groups is 1. The van der Waals surface area contributed by atoms with Crippen molar-refractivity contribution in [3.63, 3.8) is 0 Å². The van der Waals surface area contributed by atoms with Gasteiger partial charge in [-0.15, -0.1) is 0 Å². The van der Waals surface area contributed by atoms with Gasteiger partial charge in [-0.05, 0) is 53.6 Å². The van der Waals surface area contributed by atoms with Crippen LogP contribution < -0.4 is 4.74 Å². The van der Waals surface area contributed by atoms with Crippen LogP contribution in [0.5, 0.6) is 5.75 Å². The number of sulfonamides is 1. The third kappa shape index (κ3) is 7.14. The summed E-state index contributed by atoms with van der Waals surface area (Å²) in [5, 5.41) is -0.229. The van der Waals surface area contributed by atoms with Crippen molar-refractivity contribution in [3.8, 4) is 5.75 Å². The molecule has 0 spiro atoms. The average Bonchev–Trinajstić information content (AvgIpc) is 2.96. The van der Waals surface area contributed by atoms with Crippen LogP contribution >= 0.6 is 11.6 Å². The van der Waals surface area contributed by atoms with Crippen LogP contribution in [-0.2, 0) is 26.1 Å². The standard InChI is InChI=1S/C28H30ClFN2O6S/c1-36-23-5-3-4-22(16-23)27(38-19-20-6-8-21(9-7-20)28(33)37-2)18-31-12-14-32(15-13-31)39(34,35)24-10-11-26(30)25(29)17-24/h3-11,16-17,27H,12-15,18-19H2,1-2H3/t27-/m0/s1. The number of methoxy groups -OCH3 is 2. The lowest BCUT2D eigenvalue weighted by Crippen LogP contribution is -2.49.